The lowest BCUT2D eigenvalue weighted by Crippen LogP contribution is -2.60. The molecule has 4 N–H and O–H groups in total. The minimum absolute atomic E-state index is 0.0552. The van der Waals surface area contributed by atoms with Crippen LogP contribution in [0.15, 0.2) is 48.6 Å². The minimum Gasteiger partial charge on any atom is -0.462 e. The van der Waals surface area contributed by atoms with E-state index in [9.17, 15) is 37.9 Å². The first kappa shape index (κ1) is 50.6. The summed E-state index contributed by atoms with van der Waals surface area (Å²) in [6, 6.07) is 0. The first-order valence-corrected chi connectivity index (χ1v) is 22.3. The molecular weight excluding hydrogens is 729 g/mol. The summed E-state index contributed by atoms with van der Waals surface area (Å²) in [5.41, 5.74) is 0. The smallest absolute Gasteiger partial charge is 0.306 e. The lowest BCUT2D eigenvalue weighted by Gasteiger charge is -2.40. The summed E-state index contributed by atoms with van der Waals surface area (Å²) < 4.78 is 53.8. The highest BCUT2D eigenvalue weighted by molar-refractivity contribution is 7.85. The van der Waals surface area contributed by atoms with E-state index in [1.54, 1.807) is 0 Å². The number of carbonyl (C=O) groups excluding carboxylic acids is 2. The van der Waals surface area contributed by atoms with E-state index in [0.717, 1.165) is 57.8 Å². The van der Waals surface area contributed by atoms with Gasteiger partial charge in [0.05, 0.1) is 6.61 Å². The summed E-state index contributed by atoms with van der Waals surface area (Å²) in [6.07, 6.45) is 27.5. The standard InChI is InChI=1S/C42H72O12S/c1-3-5-7-9-11-13-15-17-19-20-22-24-26-28-30-37(43)51-32-35(33-52-42-41(47)40(46)39(45)36(54-42)34-55(48,49)50)53-38(44)31-29-27-25-23-21-18-16-14-12-10-8-6-4-2/h5,7,11,13,18,21,25,27,35-36,39-42,45-47H,3-4,6,8-10,12,14-17,19-20,22-24,26,28-34H2,1-2H3,(H,48,49,50)/b7-5+,13-11+,21-18+,27-25+/t35?,36-,39-,40?,41?,42+/m1/s1. The maximum atomic E-state index is 12.7. The SMILES string of the molecule is CC/C=C/C/C=C/CCCCCCCCCC(=O)OCC(CO[C@H]1O[C@H](CS(=O)(=O)O)[C@@H](O)C(O)C1O)OC(=O)CC/C=C/C/C=C/CCCCCCCC. The molecule has 13 heteroatoms. The molecule has 12 nitrogen and oxygen atoms in total. The fourth-order valence-corrected chi connectivity index (χ4v) is 6.63. The Bertz CT molecular complexity index is 1210. The zero-order valence-corrected chi connectivity index (χ0v) is 34.3. The van der Waals surface area contributed by atoms with Gasteiger partial charge in [-0.25, -0.2) is 0 Å². The lowest BCUT2D eigenvalue weighted by molar-refractivity contribution is -0.297. The van der Waals surface area contributed by atoms with Gasteiger partial charge in [-0.2, -0.15) is 8.42 Å². The summed E-state index contributed by atoms with van der Waals surface area (Å²) in [4.78, 5) is 25.3. The van der Waals surface area contributed by atoms with Crippen molar-refractivity contribution < 1.29 is 56.8 Å². The molecule has 0 aromatic heterocycles. The molecule has 0 amide bonds. The molecule has 0 aliphatic carbocycles. The van der Waals surface area contributed by atoms with Gasteiger partial charge in [0.2, 0.25) is 0 Å². The number of aliphatic hydroxyl groups is 3. The summed E-state index contributed by atoms with van der Waals surface area (Å²) in [7, 11) is -4.61. The van der Waals surface area contributed by atoms with Crippen molar-refractivity contribution in [3.8, 4) is 0 Å². The molecule has 0 bridgehead atoms. The van der Waals surface area contributed by atoms with Crippen LogP contribution in [0.3, 0.4) is 0 Å². The Morgan fingerprint density at radius 3 is 1.76 bits per heavy atom. The Hall–Kier alpha value is -2.39. The van der Waals surface area contributed by atoms with Crippen LogP contribution in [0.5, 0.6) is 0 Å². The van der Waals surface area contributed by atoms with E-state index in [1.165, 1.54) is 51.4 Å². The Balaban J connectivity index is 2.54. The van der Waals surface area contributed by atoms with E-state index in [0.29, 0.717) is 12.8 Å². The summed E-state index contributed by atoms with van der Waals surface area (Å²) >= 11 is 0. The van der Waals surface area contributed by atoms with Gasteiger partial charge >= 0.3 is 11.9 Å². The van der Waals surface area contributed by atoms with Crippen LogP contribution in [0.4, 0.5) is 0 Å². The van der Waals surface area contributed by atoms with E-state index in [1.807, 2.05) is 12.2 Å². The molecule has 0 saturated carbocycles. The van der Waals surface area contributed by atoms with Crippen molar-refractivity contribution in [1.29, 1.82) is 0 Å². The van der Waals surface area contributed by atoms with Crippen LogP contribution >= 0.6 is 0 Å². The fraction of sp³-hybridized carbons (Fsp3) is 0.762. The van der Waals surface area contributed by atoms with Gasteiger partial charge in [0.25, 0.3) is 10.1 Å². The first-order chi connectivity index (χ1) is 26.5. The molecule has 0 aromatic carbocycles. The number of unbranched alkanes of at least 4 members (excludes halogenated alkanes) is 13. The van der Waals surface area contributed by atoms with E-state index in [2.05, 4.69) is 50.3 Å². The van der Waals surface area contributed by atoms with Gasteiger partial charge in [-0.15, -0.1) is 0 Å². The summed E-state index contributed by atoms with van der Waals surface area (Å²) in [5.74, 6) is -2.08. The minimum atomic E-state index is -4.61. The molecule has 1 aliphatic heterocycles. The summed E-state index contributed by atoms with van der Waals surface area (Å²) in [5, 5.41) is 30.8. The topological polar surface area (TPSA) is 186 Å². The van der Waals surface area contributed by atoms with Gasteiger partial charge in [-0.05, 0) is 57.8 Å². The highest BCUT2D eigenvalue weighted by Gasteiger charge is 2.46. The third kappa shape index (κ3) is 27.8. The molecule has 1 rings (SSSR count). The van der Waals surface area contributed by atoms with Crippen LogP contribution in [-0.4, -0.2) is 96.0 Å². The van der Waals surface area contributed by atoms with Crippen molar-refractivity contribution in [1.82, 2.24) is 0 Å². The molecule has 1 aliphatic rings. The highest BCUT2D eigenvalue weighted by atomic mass is 32.2. The predicted molar refractivity (Wildman–Crippen MR) is 215 cm³/mol. The molecule has 0 spiro atoms. The Morgan fingerprint density at radius 1 is 0.636 bits per heavy atom. The zero-order chi connectivity index (χ0) is 40.6. The molecule has 55 heavy (non-hydrogen) atoms. The quantitative estimate of drug-likeness (QED) is 0.0221. The maximum Gasteiger partial charge on any atom is 0.306 e. The van der Waals surface area contributed by atoms with Crippen molar-refractivity contribution in [2.75, 3.05) is 19.0 Å². The molecular formula is C42H72O12S. The van der Waals surface area contributed by atoms with Crippen molar-refractivity contribution >= 4 is 22.1 Å². The van der Waals surface area contributed by atoms with Crippen molar-refractivity contribution in [3.05, 3.63) is 48.6 Å². The third-order valence-corrected chi connectivity index (χ3v) is 9.91. The van der Waals surface area contributed by atoms with Gasteiger partial charge in [-0.1, -0.05) is 127 Å². The highest BCUT2D eigenvalue weighted by Crippen LogP contribution is 2.24. The normalized spacial score (nSPS) is 21.3. The van der Waals surface area contributed by atoms with E-state index in [4.69, 9.17) is 18.9 Å². The molecule has 0 aromatic rings. The number of hydrogen-bond donors (Lipinski definition) is 4. The molecule has 6 atom stereocenters. The van der Waals surface area contributed by atoms with Crippen LogP contribution in [-0.2, 0) is 38.7 Å². The molecule has 3 unspecified atom stereocenters. The summed E-state index contributed by atoms with van der Waals surface area (Å²) in [6.45, 7) is 3.56. The number of ether oxygens (including phenoxy) is 4. The van der Waals surface area contributed by atoms with Gasteiger partial charge in [0, 0.05) is 12.8 Å². The van der Waals surface area contributed by atoms with Crippen molar-refractivity contribution in [2.45, 2.75) is 185 Å². The Morgan fingerprint density at radius 2 is 1.18 bits per heavy atom. The number of hydrogen-bond acceptors (Lipinski definition) is 11. The molecule has 318 valence electrons. The van der Waals surface area contributed by atoms with Crippen LogP contribution in [0, 0.1) is 0 Å². The number of allylic oxidation sites excluding steroid dienone is 8. The van der Waals surface area contributed by atoms with Gasteiger partial charge in [0.15, 0.2) is 12.4 Å². The second kappa shape index (κ2) is 32.7. The van der Waals surface area contributed by atoms with Crippen LogP contribution in [0.25, 0.3) is 0 Å². The fourth-order valence-electron chi connectivity index (χ4n) is 5.94. The second-order valence-electron chi connectivity index (χ2n) is 14.3. The van der Waals surface area contributed by atoms with Gasteiger partial charge in [0.1, 0.15) is 36.8 Å². The van der Waals surface area contributed by atoms with E-state index < -0.39 is 71.2 Å². The average Bonchev–Trinajstić information content (AvgIpc) is 3.14. The van der Waals surface area contributed by atoms with Crippen LogP contribution in [0.2, 0.25) is 0 Å². The lowest BCUT2D eigenvalue weighted by atomic mass is 10.00. The maximum absolute atomic E-state index is 12.7. The zero-order valence-electron chi connectivity index (χ0n) is 33.5. The molecule has 1 saturated heterocycles. The number of carbonyl (C=O) groups is 2. The monoisotopic (exact) mass is 800 g/mol. The number of rotatable bonds is 33. The molecule has 0 radical (unpaired) electrons. The number of aliphatic hydroxyl groups excluding tert-OH is 3. The number of esters is 2. The Kier molecular flexibility index (Phi) is 30.1. The first-order valence-electron chi connectivity index (χ1n) is 20.7. The second-order valence-corrected chi connectivity index (χ2v) is 15.8. The average molecular weight is 801 g/mol. The van der Waals surface area contributed by atoms with Crippen LogP contribution < -0.4 is 0 Å². The third-order valence-electron chi connectivity index (χ3n) is 9.16. The molecule has 1 heterocycles. The van der Waals surface area contributed by atoms with Crippen molar-refractivity contribution in [2.24, 2.45) is 0 Å². The largest absolute Gasteiger partial charge is 0.462 e. The predicted octanol–water partition coefficient (Wildman–Crippen LogP) is 7.61. The van der Waals surface area contributed by atoms with Gasteiger partial charge < -0.3 is 34.3 Å². The van der Waals surface area contributed by atoms with Crippen molar-refractivity contribution in [3.63, 3.8) is 0 Å². The molecule has 1 fully saturated rings. The Labute approximate surface area is 331 Å². The van der Waals surface area contributed by atoms with E-state index in [-0.39, 0.29) is 19.4 Å². The van der Waals surface area contributed by atoms with E-state index >= 15 is 0 Å². The van der Waals surface area contributed by atoms with Gasteiger partial charge in [-0.3, -0.25) is 14.1 Å². The van der Waals surface area contributed by atoms with Crippen LogP contribution in [0.1, 0.15) is 149 Å².